The number of anilines is 1. The highest BCUT2D eigenvalue weighted by Gasteiger charge is 2.27. The van der Waals surface area contributed by atoms with Crippen LogP contribution in [0.5, 0.6) is 5.75 Å². The van der Waals surface area contributed by atoms with Gasteiger partial charge in [0.1, 0.15) is 23.4 Å². The number of ether oxygens (including phenoxy) is 1. The van der Waals surface area contributed by atoms with Crippen LogP contribution in [0.25, 0.3) is 0 Å². The van der Waals surface area contributed by atoms with Gasteiger partial charge in [-0.1, -0.05) is 29.8 Å². The highest BCUT2D eigenvalue weighted by molar-refractivity contribution is 7.59. The maximum Gasteiger partial charge on any atom is 0.413 e. The van der Waals surface area contributed by atoms with Crippen LogP contribution in [0.3, 0.4) is 0 Å². The molecule has 3 rings (SSSR count). The maximum atomic E-state index is 13.7. The van der Waals surface area contributed by atoms with E-state index >= 15 is 0 Å². The third kappa shape index (κ3) is 7.20. The van der Waals surface area contributed by atoms with Gasteiger partial charge in [-0.3, -0.25) is 4.79 Å². The van der Waals surface area contributed by atoms with Crippen molar-refractivity contribution in [1.29, 1.82) is 0 Å². The van der Waals surface area contributed by atoms with Crippen molar-refractivity contribution in [3.63, 3.8) is 0 Å². The number of likely N-dealkylation sites (N-methyl/N-ethyl adjacent to an activating group) is 1. The molecule has 5 nitrogen and oxygen atoms in total. The summed E-state index contributed by atoms with van der Waals surface area (Å²) in [5.74, 6) is -1.77. The quantitative estimate of drug-likeness (QED) is 0.501. The van der Waals surface area contributed by atoms with Gasteiger partial charge in [-0.25, -0.2) is 13.6 Å². The predicted octanol–water partition coefficient (Wildman–Crippen LogP) is 5.40. The Morgan fingerprint density at radius 2 is 1.67 bits per heavy atom. The summed E-state index contributed by atoms with van der Waals surface area (Å²) in [6, 6.07) is 15.2. The van der Waals surface area contributed by atoms with Crippen LogP contribution >= 0.6 is 25.1 Å². The summed E-state index contributed by atoms with van der Waals surface area (Å²) in [6.07, 6.45) is -1.01. The lowest BCUT2D eigenvalue weighted by atomic mass is 10.0. The Morgan fingerprint density at radius 3 is 2.27 bits per heavy atom. The molecule has 0 aliphatic heterocycles. The second kappa shape index (κ2) is 11.7. The lowest BCUT2D eigenvalue weighted by molar-refractivity contribution is -0.120. The highest BCUT2D eigenvalue weighted by Crippen LogP contribution is 2.23. The first-order valence-corrected chi connectivity index (χ1v) is 10.1. The number of halogens is 3. The Balaban J connectivity index is 0.00000385. The fraction of sp³-hybridized carbons (Fsp3) is 0.167. The van der Waals surface area contributed by atoms with E-state index in [1.54, 1.807) is 55.5 Å². The molecule has 0 aliphatic carbocycles. The van der Waals surface area contributed by atoms with E-state index in [4.69, 9.17) is 16.3 Å². The first kappa shape index (κ1) is 26.2. The third-order valence-electron chi connectivity index (χ3n) is 4.77. The lowest BCUT2D eigenvalue weighted by Crippen LogP contribution is -2.49. The number of aryl methyl sites for hydroxylation is 1. The summed E-state index contributed by atoms with van der Waals surface area (Å²) < 4.78 is 32.6. The van der Waals surface area contributed by atoms with Crippen LogP contribution in [0.4, 0.5) is 19.3 Å². The molecular weight excluding hydrogens is 470 g/mol. The van der Waals surface area contributed by atoms with Crippen molar-refractivity contribution in [2.24, 2.45) is 0 Å². The summed E-state index contributed by atoms with van der Waals surface area (Å²) in [7, 11) is 1.54. The molecule has 33 heavy (non-hydrogen) atoms. The van der Waals surface area contributed by atoms with Crippen molar-refractivity contribution < 1.29 is 23.1 Å². The second-order valence-electron chi connectivity index (χ2n) is 7.21. The van der Waals surface area contributed by atoms with Gasteiger partial charge in [0.2, 0.25) is 5.91 Å². The first-order chi connectivity index (χ1) is 15.2. The first-order valence-electron chi connectivity index (χ1n) is 9.75. The Labute approximate surface area is 202 Å². The van der Waals surface area contributed by atoms with E-state index < -0.39 is 29.7 Å². The van der Waals surface area contributed by atoms with Crippen LogP contribution in [-0.4, -0.2) is 25.1 Å². The van der Waals surface area contributed by atoms with Crippen molar-refractivity contribution >= 4 is 42.8 Å². The van der Waals surface area contributed by atoms with E-state index in [1.165, 1.54) is 11.9 Å². The molecule has 2 amide bonds. The number of carbonyl (C=O) groups excluding carboxylic acids is 2. The molecule has 0 heterocycles. The molecular formula is C24H23ClF2N2O3S. The van der Waals surface area contributed by atoms with Gasteiger partial charge in [0.05, 0.1) is 0 Å². The molecule has 0 bridgehead atoms. The minimum atomic E-state index is -1.15. The van der Waals surface area contributed by atoms with E-state index in [2.05, 4.69) is 5.32 Å². The van der Waals surface area contributed by atoms with Gasteiger partial charge in [0.15, 0.2) is 0 Å². The van der Waals surface area contributed by atoms with Gasteiger partial charge in [-0.05, 0) is 60.5 Å². The number of nitrogens with zero attached hydrogens (tertiary/aromatic N) is 1. The Bertz CT molecular complexity index is 1110. The predicted molar refractivity (Wildman–Crippen MR) is 129 cm³/mol. The molecule has 0 fully saturated rings. The summed E-state index contributed by atoms with van der Waals surface area (Å²) in [5, 5.41) is 3.05. The Kier molecular flexibility index (Phi) is 9.25. The average Bonchev–Trinajstić information content (AvgIpc) is 2.74. The molecule has 1 N–H and O–H groups in total. The number of carbonyl (C=O) groups is 2. The van der Waals surface area contributed by atoms with Crippen LogP contribution < -0.4 is 15.0 Å². The SMILES string of the molecule is Cc1cc(N(C)C(=O)[C@H](Cc2cc(F)cc(F)c2)NC(=O)Oc2ccccc2)ccc1Cl.S. The van der Waals surface area contributed by atoms with Crippen LogP contribution in [0.2, 0.25) is 5.02 Å². The fourth-order valence-corrected chi connectivity index (χ4v) is 3.25. The van der Waals surface area contributed by atoms with Crippen molar-refractivity contribution in [3.05, 3.63) is 94.5 Å². The summed E-state index contributed by atoms with van der Waals surface area (Å²) in [5.41, 5.74) is 1.52. The number of hydrogen-bond donors (Lipinski definition) is 1. The van der Waals surface area contributed by atoms with Gasteiger partial charge in [-0.2, -0.15) is 13.5 Å². The minimum absolute atomic E-state index is 0. The number of rotatable bonds is 6. The Morgan fingerprint density at radius 1 is 1.03 bits per heavy atom. The molecule has 3 aromatic carbocycles. The molecule has 3 aromatic rings. The summed E-state index contributed by atoms with van der Waals surface area (Å²) in [4.78, 5) is 27.0. The monoisotopic (exact) mass is 492 g/mol. The Hall–Kier alpha value is -3.10. The molecule has 1 atom stereocenters. The van der Waals surface area contributed by atoms with E-state index in [-0.39, 0.29) is 31.2 Å². The zero-order valence-electron chi connectivity index (χ0n) is 17.9. The molecule has 0 unspecified atom stereocenters. The molecule has 174 valence electrons. The number of hydrogen-bond acceptors (Lipinski definition) is 3. The molecule has 0 radical (unpaired) electrons. The van der Waals surface area contributed by atoms with Gasteiger partial charge in [0, 0.05) is 30.2 Å². The van der Waals surface area contributed by atoms with E-state index in [9.17, 15) is 18.4 Å². The molecule has 0 saturated carbocycles. The number of benzene rings is 3. The van der Waals surface area contributed by atoms with Crippen LogP contribution in [0.1, 0.15) is 11.1 Å². The fourth-order valence-electron chi connectivity index (χ4n) is 3.13. The summed E-state index contributed by atoms with van der Waals surface area (Å²) in [6.45, 7) is 1.80. The lowest BCUT2D eigenvalue weighted by Gasteiger charge is -2.25. The summed E-state index contributed by atoms with van der Waals surface area (Å²) >= 11 is 6.06. The molecule has 0 saturated heterocycles. The van der Waals surface area contributed by atoms with Crippen molar-refractivity contribution in [2.75, 3.05) is 11.9 Å². The smallest absolute Gasteiger partial charge is 0.410 e. The van der Waals surface area contributed by atoms with Crippen LogP contribution in [0.15, 0.2) is 66.7 Å². The molecule has 9 heteroatoms. The molecule has 0 aliphatic rings. The van der Waals surface area contributed by atoms with E-state index in [1.807, 2.05) is 0 Å². The van der Waals surface area contributed by atoms with Gasteiger partial charge >= 0.3 is 6.09 Å². The molecule has 0 aromatic heterocycles. The number of nitrogens with one attached hydrogen (secondary N) is 1. The zero-order valence-corrected chi connectivity index (χ0v) is 19.7. The van der Waals surface area contributed by atoms with Gasteiger partial charge < -0.3 is 15.0 Å². The van der Waals surface area contributed by atoms with Gasteiger partial charge in [-0.15, -0.1) is 0 Å². The van der Waals surface area contributed by atoms with Crippen molar-refractivity contribution in [1.82, 2.24) is 5.32 Å². The topological polar surface area (TPSA) is 58.6 Å². The van der Waals surface area contributed by atoms with Crippen molar-refractivity contribution in [2.45, 2.75) is 19.4 Å². The van der Waals surface area contributed by atoms with Crippen LogP contribution in [0, 0.1) is 18.6 Å². The van der Waals surface area contributed by atoms with Gasteiger partial charge in [0.25, 0.3) is 0 Å². The normalized spacial score (nSPS) is 11.2. The average molecular weight is 493 g/mol. The van der Waals surface area contributed by atoms with E-state index in [0.29, 0.717) is 10.7 Å². The van der Waals surface area contributed by atoms with E-state index in [0.717, 1.165) is 23.8 Å². The zero-order chi connectivity index (χ0) is 23.3. The number of amides is 2. The highest BCUT2D eigenvalue weighted by atomic mass is 35.5. The minimum Gasteiger partial charge on any atom is -0.410 e. The second-order valence-corrected chi connectivity index (χ2v) is 7.62. The largest absolute Gasteiger partial charge is 0.413 e. The third-order valence-corrected chi connectivity index (χ3v) is 5.19. The molecule has 0 spiro atoms. The van der Waals surface area contributed by atoms with Crippen LogP contribution in [-0.2, 0) is 11.2 Å². The number of para-hydroxylation sites is 1. The maximum absolute atomic E-state index is 13.7. The standard InChI is InChI=1S/C24H21ClF2N2O3.H2S/c1-15-10-19(8-9-21(15)25)29(2)23(30)22(13-16-11-17(26)14-18(27)12-16)28-24(31)32-20-6-4-3-5-7-20;/h3-12,14,22H,13H2,1-2H3,(H,28,31);1H2/t22-;/m0./s1. The van der Waals surface area contributed by atoms with Crippen molar-refractivity contribution in [3.8, 4) is 5.75 Å².